The first-order chi connectivity index (χ1) is 7.50. The van der Waals surface area contributed by atoms with Crippen LogP contribution in [0.15, 0.2) is 15.9 Å². The molecule has 2 heterocycles. The van der Waals surface area contributed by atoms with E-state index in [4.69, 9.17) is 0 Å². The van der Waals surface area contributed by atoms with Crippen LogP contribution in [0.5, 0.6) is 0 Å². The summed E-state index contributed by atoms with van der Waals surface area (Å²) in [5.74, 6) is 0.0735. The third kappa shape index (κ3) is 1.87. The summed E-state index contributed by atoms with van der Waals surface area (Å²) < 4.78 is 0.980. The first kappa shape index (κ1) is 11.6. The fraction of sp³-hybridized carbons (Fsp3) is 0.250. The average Bonchev–Trinajstić information content (AvgIpc) is 2.78. The van der Waals surface area contributed by atoms with Gasteiger partial charge in [-0.25, -0.2) is 0 Å². The highest BCUT2D eigenvalue weighted by Gasteiger charge is 2.17. The lowest BCUT2D eigenvalue weighted by atomic mass is 10.1. The van der Waals surface area contributed by atoms with Gasteiger partial charge in [0.2, 0.25) is 5.78 Å². The number of rotatable bonds is 2. The van der Waals surface area contributed by atoms with Gasteiger partial charge in [-0.1, -0.05) is 0 Å². The predicted molar refractivity (Wildman–Crippen MR) is 70.5 cm³/mol. The molecule has 84 valence electrons. The molecule has 0 spiro atoms. The Balaban J connectivity index is 2.45. The van der Waals surface area contributed by atoms with E-state index in [-0.39, 0.29) is 5.78 Å². The standard InChI is InChI=1S/C12H12BrNOS/c1-6-7(2)11(14-8(6)3)12(15)9-4-5-10(13)16-9/h4-5,14H,1-3H3. The summed E-state index contributed by atoms with van der Waals surface area (Å²) in [6, 6.07) is 3.75. The van der Waals surface area contributed by atoms with E-state index in [1.165, 1.54) is 16.9 Å². The van der Waals surface area contributed by atoms with Crippen LogP contribution in [0, 0.1) is 20.8 Å². The summed E-state index contributed by atoms with van der Waals surface area (Å²) in [7, 11) is 0. The Morgan fingerprint density at radius 3 is 2.38 bits per heavy atom. The SMILES string of the molecule is Cc1[nH]c(C(=O)c2ccc(Br)s2)c(C)c1C. The maximum atomic E-state index is 12.2. The molecule has 2 aromatic rings. The maximum Gasteiger partial charge on any atom is 0.219 e. The van der Waals surface area contributed by atoms with E-state index in [0.717, 1.165) is 19.9 Å². The molecule has 16 heavy (non-hydrogen) atoms. The van der Waals surface area contributed by atoms with Gasteiger partial charge < -0.3 is 4.98 Å². The molecule has 0 aliphatic rings. The van der Waals surface area contributed by atoms with Crippen LogP contribution in [-0.4, -0.2) is 10.8 Å². The first-order valence-corrected chi connectivity index (χ1v) is 6.57. The quantitative estimate of drug-likeness (QED) is 0.835. The lowest BCUT2D eigenvalue weighted by Gasteiger charge is -1.96. The van der Waals surface area contributed by atoms with Crippen molar-refractivity contribution in [2.24, 2.45) is 0 Å². The van der Waals surface area contributed by atoms with Crippen LogP contribution in [0.1, 0.15) is 32.2 Å². The van der Waals surface area contributed by atoms with E-state index >= 15 is 0 Å². The Hall–Kier alpha value is -0.870. The molecule has 4 heteroatoms. The number of H-pyrrole nitrogens is 1. The molecule has 0 aromatic carbocycles. The van der Waals surface area contributed by atoms with Crippen molar-refractivity contribution in [3.8, 4) is 0 Å². The van der Waals surface area contributed by atoms with Gasteiger partial charge in [0.05, 0.1) is 14.4 Å². The highest BCUT2D eigenvalue weighted by molar-refractivity contribution is 9.11. The summed E-state index contributed by atoms with van der Waals surface area (Å²) in [6.45, 7) is 6.00. The fourth-order valence-corrected chi connectivity index (χ4v) is 2.96. The molecule has 2 aromatic heterocycles. The molecule has 0 amide bonds. The van der Waals surface area contributed by atoms with Crippen molar-refractivity contribution in [3.63, 3.8) is 0 Å². The van der Waals surface area contributed by atoms with Crippen LogP contribution in [0.3, 0.4) is 0 Å². The second kappa shape index (κ2) is 4.18. The second-order valence-electron chi connectivity index (χ2n) is 3.81. The van der Waals surface area contributed by atoms with E-state index in [0.29, 0.717) is 5.69 Å². The molecule has 0 saturated heterocycles. The van der Waals surface area contributed by atoms with Crippen molar-refractivity contribution in [2.75, 3.05) is 0 Å². The molecule has 0 bridgehead atoms. The van der Waals surface area contributed by atoms with Crippen molar-refractivity contribution in [1.82, 2.24) is 4.98 Å². The van der Waals surface area contributed by atoms with Gasteiger partial charge in [0.1, 0.15) is 0 Å². The molecule has 0 aliphatic heterocycles. The molecular weight excluding hydrogens is 286 g/mol. The summed E-state index contributed by atoms with van der Waals surface area (Å²) in [4.78, 5) is 16.1. The van der Waals surface area contributed by atoms with Gasteiger partial charge >= 0.3 is 0 Å². The number of hydrogen-bond acceptors (Lipinski definition) is 2. The highest BCUT2D eigenvalue weighted by atomic mass is 79.9. The second-order valence-corrected chi connectivity index (χ2v) is 6.27. The van der Waals surface area contributed by atoms with Crippen molar-refractivity contribution >= 4 is 33.0 Å². The number of thiophene rings is 1. The average molecular weight is 298 g/mol. The molecule has 0 atom stereocenters. The van der Waals surface area contributed by atoms with Crippen molar-refractivity contribution in [3.05, 3.63) is 43.3 Å². The number of hydrogen-bond donors (Lipinski definition) is 1. The van der Waals surface area contributed by atoms with Crippen LogP contribution in [0.2, 0.25) is 0 Å². The Morgan fingerprint density at radius 2 is 1.94 bits per heavy atom. The minimum Gasteiger partial charge on any atom is -0.355 e. The zero-order valence-corrected chi connectivity index (χ0v) is 11.8. The van der Waals surface area contributed by atoms with Gasteiger partial charge in [0.25, 0.3) is 0 Å². The normalized spacial score (nSPS) is 10.8. The Labute approximate surface area is 107 Å². The molecule has 1 N–H and O–H groups in total. The van der Waals surface area contributed by atoms with Gasteiger partial charge in [-0.3, -0.25) is 4.79 Å². The number of carbonyl (C=O) groups excluding carboxylic acids is 1. The summed E-state index contributed by atoms with van der Waals surface area (Å²) >= 11 is 4.83. The Bertz CT molecular complexity index is 553. The number of halogens is 1. The van der Waals surface area contributed by atoms with Gasteiger partial charge in [0.15, 0.2) is 0 Å². The summed E-state index contributed by atoms with van der Waals surface area (Å²) in [5.41, 5.74) is 3.99. The first-order valence-electron chi connectivity index (χ1n) is 4.96. The maximum absolute atomic E-state index is 12.2. The number of ketones is 1. The molecule has 0 unspecified atom stereocenters. The molecule has 2 rings (SSSR count). The third-order valence-electron chi connectivity index (χ3n) is 2.84. The van der Waals surface area contributed by atoms with E-state index in [1.54, 1.807) is 0 Å². The molecule has 2 nitrogen and oxygen atoms in total. The number of aromatic nitrogens is 1. The number of carbonyl (C=O) groups is 1. The molecule has 0 aliphatic carbocycles. The Kier molecular flexibility index (Phi) is 3.04. The zero-order valence-electron chi connectivity index (χ0n) is 9.35. The zero-order chi connectivity index (χ0) is 11.9. The molecular formula is C12H12BrNOS. The predicted octanol–water partition coefficient (Wildman–Crippen LogP) is 3.99. The monoisotopic (exact) mass is 297 g/mol. The van der Waals surface area contributed by atoms with Gasteiger partial charge in [-0.05, 0) is 60.0 Å². The Morgan fingerprint density at radius 1 is 1.25 bits per heavy atom. The largest absolute Gasteiger partial charge is 0.355 e. The van der Waals surface area contributed by atoms with E-state index in [1.807, 2.05) is 32.9 Å². The van der Waals surface area contributed by atoms with Crippen LogP contribution in [0.25, 0.3) is 0 Å². The van der Waals surface area contributed by atoms with E-state index < -0.39 is 0 Å². The van der Waals surface area contributed by atoms with Crippen LogP contribution >= 0.6 is 27.3 Å². The van der Waals surface area contributed by atoms with E-state index in [2.05, 4.69) is 20.9 Å². The van der Waals surface area contributed by atoms with Crippen LogP contribution < -0.4 is 0 Å². The lowest BCUT2D eigenvalue weighted by molar-refractivity contribution is 0.103. The summed E-state index contributed by atoms with van der Waals surface area (Å²) in [6.07, 6.45) is 0. The topological polar surface area (TPSA) is 32.9 Å². The molecule has 0 saturated carbocycles. The summed E-state index contributed by atoms with van der Waals surface area (Å²) in [5, 5.41) is 0. The van der Waals surface area contributed by atoms with E-state index in [9.17, 15) is 4.79 Å². The third-order valence-corrected chi connectivity index (χ3v) is 4.46. The van der Waals surface area contributed by atoms with Crippen molar-refractivity contribution in [2.45, 2.75) is 20.8 Å². The van der Waals surface area contributed by atoms with Gasteiger partial charge in [-0.15, -0.1) is 11.3 Å². The minimum atomic E-state index is 0.0735. The fourth-order valence-electron chi connectivity index (χ4n) is 1.63. The molecule has 0 radical (unpaired) electrons. The number of aromatic amines is 1. The van der Waals surface area contributed by atoms with Crippen molar-refractivity contribution in [1.29, 1.82) is 0 Å². The smallest absolute Gasteiger partial charge is 0.219 e. The number of aryl methyl sites for hydroxylation is 1. The number of nitrogens with one attached hydrogen (secondary N) is 1. The van der Waals surface area contributed by atoms with Gasteiger partial charge in [-0.2, -0.15) is 0 Å². The lowest BCUT2D eigenvalue weighted by Crippen LogP contribution is -2.01. The molecule has 0 fully saturated rings. The van der Waals surface area contributed by atoms with Crippen LogP contribution in [0.4, 0.5) is 0 Å². The van der Waals surface area contributed by atoms with Gasteiger partial charge in [0, 0.05) is 5.69 Å². The minimum absolute atomic E-state index is 0.0735. The highest BCUT2D eigenvalue weighted by Crippen LogP contribution is 2.26. The van der Waals surface area contributed by atoms with Crippen LogP contribution in [-0.2, 0) is 0 Å². The van der Waals surface area contributed by atoms with Crippen molar-refractivity contribution < 1.29 is 4.79 Å².